The molecule has 3 aromatic carbocycles. The van der Waals surface area contributed by atoms with Crippen molar-refractivity contribution in [3.05, 3.63) is 90.1 Å². The van der Waals surface area contributed by atoms with Crippen LogP contribution in [0.1, 0.15) is 22.3 Å². The van der Waals surface area contributed by atoms with E-state index in [9.17, 15) is 0 Å². The molecule has 0 amide bonds. The molecule has 0 heterocycles. The molecule has 31 heavy (non-hydrogen) atoms. The van der Waals surface area contributed by atoms with Gasteiger partial charge in [-0.1, -0.05) is 18.2 Å². The molecule has 0 aromatic heterocycles. The molecule has 0 bridgehead atoms. The Bertz CT molecular complexity index is 1030. The van der Waals surface area contributed by atoms with Gasteiger partial charge < -0.3 is 20.9 Å². The molecule has 0 aliphatic heterocycles. The van der Waals surface area contributed by atoms with Crippen molar-refractivity contribution in [2.24, 2.45) is 11.5 Å². The maximum atomic E-state index is 7.51. The minimum atomic E-state index is 0. The SMILES string of the molecule is Cl.N=C(N)c1ccc(OCc2cccc(COc3ccc(C(=N)N)cc3I)c2)c(I)c1. The van der Waals surface area contributed by atoms with E-state index in [1.54, 1.807) is 12.1 Å². The van der Waals surface area contributed by atoms with Crippen LogP contribution in [0.25, 0.3) is 0 Å². The van der Waals surface area contributed by atoms with Crippen LogP contribution in [-0.4, -0.2) is 11.7 Å². The van der Waals surface area contributed by atoms with Crippen LogP contribution < -0.4 is 20.9 Å². The lowest BCUT2D eigenvalue weighted by atomic mass is 10.1. The minimum absolute atomic E-state index is 0. The third-order valence-corrected chi connectivity index (χ3v) is 5.95. The smallest absolute Gasteiger partial charge is 0.133 e. The summed E-state index contributed by atoms with van der Waals surface area (Å²) in [6, 6.07) is 18.9. The molecule has 0 atom stereocenters. The van der Waals surface area contributed by atoms with Gasteiger partial charge in [-0.3, -0.25) is 10.8 Å². The second-order valence-corrected chi connectivity index (χ2v) is 8.84. The minimum Gasteiger partial charge on any atom is -0.488 e. The molecule has 6 N–H and O–H groups in total. The number of amidine groups is 2. The van der Waals surface area contributed by atoms with E-state index in [2.05, 4.69) is 45.2 Å². The van der Waals surface area contributed by atoms with Gasteiger partial charge in [-0.15, -0.1) is 12.4 Å². The summed E-state index contributed by atoms with van der Waals surface area (Å²) in [5, 5.41) is 15.0. The number of ether oxygens (including phenoxy) is 2. The predicted octanol–water partition coefficient (Wildman–Crippen LogP) is 5.04. The number of halogens is 3. The van der Waals surface area contributed by atoms with Gasteiger partial charge in [-0.25, -0.2) is 0 Å². The fourth-order valence-electron chi connectivity index (χ4n) is 2.70. The number of hydrogen-bond donors (Lipinski definition) is 4. The highest BCUT2D eigenvalue weighted by atomic mass is 127. The summed E-state index contributed by atoms with van der Waals surface area (Å²) >= 11 is 4.36. The number of hydrogen-bond acceptors (Lipinski definition) is 4. The Morgan fingerprint density at radius 1 is 0.710 bits per heavy atom. The predicted molar refractivity (Wildman–Crippen MR) is 143 cm³/mol. The van der Waals surface area contributed by atoms with E-state index in [0.717, 1.165) is 29.8 Å². The quantitative estimate of drug-likeness (QED) is 0.154. The maximum Gasteiger partial charge on any atom is 0.133 e. The van der Waals surface area contributed by atoms with Crippen LogP contribution in [0.3, 0.4) is 0 Å². The van der Waals surface area contributed by atoms with E-state index in [1.165, 1.54) is 0 Å². The van der Waals surface area contributed by atoms with Crippen molar-refractivity contribution in [2.45, 2.75) is 13.2 Å². The number of nitrogens with one attached hydrogen (secondary N) is 2. The zero-order chi connectivity index (χ0) is 21.7. The molecule has 6 nitrogen and oxygen atoms in total. The van der Waals surface area contributed by atoms with Gasteiger partial charge in [0.25, 0.3) is 0 Å². The van der Waals surface area contributed by atoms with Crippen molar-refractivity contribution < 1.29 is 9.47 Å². The fraction of sp³-hybridized carbons (Fsp3) is 0.0909. The number of benzene rings is 3. The molecular formula is C22H21ClI2N4O2. The van der Waals surface area contributed by atoms with E-state index in [4.69, 9.17) is 31.8 Å². The maximum absolute atomic E-state index is 7.51. The summed E-state index contributed by atoms with van der Waals surface area (Å²) in [4.78, 5) is 0. The van der Waals surface area contributed by atoms with Crippen molar-refractivity contribution in [1.82, 2.24) is 0 Å². The van der Waals surface area contributed by atoms with Crippen LogP contribution in [0.4, 0.5) is 0 Å². The van der Waals surface area contributed by atoms with Gasteiger partial charge in [-0.05, 0) is 98.8 Å². The first-order valence-electron chi connectivity index (χ1n) is 8.95. The van der Waals surface area contributed by atoms with Gasteiger partial charge >= 0.3 is 0 Å². The number of rotatable bonds is 8. The zero-order valence-corrected chi connectivity index (χ0v) is 21.5. The monoisotopic (exact) mass is 662 g/mol. The van der Waals surface area contributed by atoms with Crippen molar-refractivity contribution in [3.63, 3.8) is 0 Å². The Morgan fingerprint density at radius 3 is 1.48 bits per heavy atom. The van der Waals surface area contributed by atoms with Gasteiger partial charge in [0, 0.05) is 11.1 Å². The van der Waals surface area contributed by atoms with E-state index in [-0.39, 0.29) is 24.1 Å². The lowest BCUT2D eigenvalue weighted by Gasteiger charge is -2.12. The average Bonchev–Trinajstić information content (AvgIpc) is 2.72. The van der Waals surface area contributed by atoms with Gasteiger partial charge in [0.05, 0.1) is 7.14 Å². The molecule has 0 fully saturated rings. The summed E-state index contributed by atoms with van der Waals surface area (Å²) in [6.07, 6.45) is 0. The summed E-state index contributed by atoms with van der Waals surface area (Å²) in [5.41, 5.74) is 14.5. The van der Waals surface area contributed by atoms with Crippen LogP contribution >= 0.6 is 57.6 Å². The third kappa shape index (κ3) is 6.97. The summed E-state index contributed by atoms with van der Waals surface area (Å²) in [6.45, 7) is 0.849. The largest absolute Gasteiger partial charge is 0.488 e. The topological polar surface area (TPSA) is 118 Å². The summed E-state index contributed by atoms with van der Waals surface area (Å²) < 4.78 is 13.7. The Morgan fingerprint density at radius 2 is 1.13 bits per heavy atom. The standard InChI is InChI=1S/C22H20I2N4O2.ClH/c23-17-9-15(21(25)26)4-6-19(17)29-11-13-2-1-3-14(8-13)12-30-20-7-5-16(22(27)28)10-18(20)24;/h1-10H,11-12H2,(H3,25,26)(H3,27,28);1H. The molecule has 3 rings (SSSR count). The van der Waals surface area contributed by atoms with Crippen LogP contribution in [0.5, 0.6) is 11.5 Å². The summed E-state index contributed by atoms with van der Waals surface area (Å²) in [5.74, 6) is 1.58. The van der Waals surface area contributed by atoms with Crippen molar-refractivity contribution >= 4 is 69.3 Å². The normalized spacial score (nSPS) is 10.1. The van der Waals surface area contributed by atoms with Crippen LogP contribution in [-0.2, 0) is 13.2 Å². The molecule has 9 heteroatoms. The van der Waals surface area contributed by atoms with Gasteiger partial charge in [0.2, 0.25) is 0 Å². The molecule has 0 aliphatic carbocycles. The van der Waals surface area contributed by atoms with Crippen molar-refractivity contribution in [3.8, 4) is 11.5 Å². The molecule has 0 saturated carbocycles. The summed E-state index contributed by atoms with van der Waals surface area (Å²) in [7, 11) is 0. The molecular weight excluding hydrogens is 642 g/mol. The zero-order valence-electron chi connectivity index (χ0n) is 16.3. The highest BCUT2D eigenvalue weighted by molar-refractivity contribution is 14.1. The Balaban J connectivity index is 0.00000341. The molecule has 3 aromatic rings. The molecule has 0 aliphatic rings. The first-order chi connectivity index (χ1) is 14.3. The Labute approximate surface area is 214 Å². The lowest BCUT2D eigenvalue weighted by molar-refractivity contribution is 0.297. The van der Waals surface area contributed by atoms with E-state index in [1.807, 2.05) is 48.5 Å². The molecule has 0 saturated heterocycles. The molecule has 0 spiro atoms. The molecule has 0 radical (unpaired) electrons. The Kier molecular flexibility index (Phi) is 9.38. The van der Waals surface area contributed by atoms with Gasteiger partial charge in [0.1, 0.15) is 36.4 Å². The first-order valence-corrected chi connectivity index (χ1v) is 11.1. The highest BCUT2D eigenvalue weighted by Gasteiger charge is 2.07. The van der Waals surface area contributed by atoms with Crippen LogP contribution in [0.2, 0.25) is 0 Å². The average molecular weight is 663 g/mol. The highest BCUT2D eigenvalue weighted by Crippen LogP contribution is 2.25. The van der Waals surface area contributed by atoms with Crippen molar-refractivity contribution in [1.29, 1.82) is 10.8 Å². The van der Waals surface area contributed by atoms with Gasteiger partial charge in [0.15, 0.2) is 0 Å². The molecule has 0 unspecified atom stereocenters. The third-order valence-electron chi connectivity index (χ3n) is 4.27. The number of nitrogen functional groups attached to an aromatic ring is 2. The first kappa shape index (κ1) is 25.2. The van der Waals surface area contributed by atoms with E-state index < -0.39 is 0 Å². The van der Waals surface area contributed by atoms with Crippen LogP contribution in [0, 0.1) is 18.0 Å². The van der Waals surface area contributed by atoms with E-state index >= 15 is 0 Å². The second-order valence-electron chi connectivity index (χ2n) is 6.52. The van der Waals surface area contributed by atoms with Gasteiger partial charge in [-0.2, -0.15) is 0 Å². The molecule has 162 valence electrons. The lowest BCUT2D eigenvalue weighted by Crippen LogP contribution is -2.11. The van der Waals surface area contributed by atoms with Crippen LogP contribution in [0.15, 0.2) is 60.7 Å². The fourth-order valence-corrected chi connectivity index (χ4v) is 4.04. The Hall–Kier alpha value is -2.05. The van der Waals surface area contributed by atoms with E-state index in [0.29, 0.717) is 24.3 Å². The van der Waals surface area contributed by atoms with Crippen molar-refractivity contribution in [2.75, 3.05) is 0 Å². The number of nitrogens with two attached hydrogens (primary N) is 2. The second kappa shape index (κ2) is 11.5.